The van der Waals surface area contributed by atoms with E-state index >= 15 is 0 Å². The molecule has 90 valence electrons. The highest BCUT2D eigenvalue weighted by Crippen LogP contribution is 2.06. The molecule has 15 heavy (non-hydrogen) atoms. The van der Waals surface area contributed by atoms with Crippen molar-refractivity contribution in [3.8, 4) is 0 Å². The molecule has 0 aliphatic carbocycles. The molecular formula is C7H14O7S. The standard InChI is InChI=1S/C7H14O7S/c1-3-6(10)13-7(5(9)4-8)14-15(2,11)12/h5,7-9H,3-4H2,1-2H3. The Morgan fingerprint density at radius 1 is 1.47 bits per heavy atom. The number of ether oxygens (including phenoxy) is 1. The Morgan fingerprint density at radius 2 is 2.00 bits per heavy atom. The van der Waals surface area contributed by atoms with Gasteiger partial charge in [-0.3, -0.25) is 4.79 Å². The van der Waals surface area contributed by atoms with E-state index in [1.807, 2.05) is 0 Å². The summed E-state index contributed by atoms with van der Waals surface area (Å²) in [6.07, 6.45) is -2.57. The smallest absolute Gasteiger partial charge is 0.307 e. The number of carbonyl (C=O) groups excluding carboxylic acids is 1. The summed E-state index contributed by atoms with van der Waals surface area (Å²) in [7, 11) is -3.88. The summed E-state index contributed by atoms with van der Waals surface area (Å²) in [5, 5.41) is 17.7. The highest BCUT2D eigenvalue weighted by molar-refractivity contribution is 7.86. The summed E-state index contributed by atoms with van der Waals surface area (Å²) in [6, 6.07) is 0. The molecule has 8 heteroatoms. The zero-order chi connectivity index (χ0) is 12.1. The number of carbonyl (C=O) groups is 1. The second kappa shape index (κ2) is 6.01. The van der Waals surface area contributed by atoms with Crippen LogP contribution in [-0.4, -0.2) is 49.9 Å². The maximum atomic E-state index is 10.8. The molecule has 0 saturated carbocycles. The van der Waals surface area contributed by atoms with Crippen molar-refractivity contribution in [2.24, 2.45) is 0 Å². The van der Waals surface area contributed by atoms with E-state index in [0.717, 1.165) is 6.26 Å². The van der Waals surface area contributed by atoms with Crippen molar-refractivity contribution in [3.63, 3.8) is 0 Å². The largest absolute Gasteiger partial charge is 0.432 e. The first kappa shape index (κ1) is 14.3. The van der Waals surface area contributed by atoms with Gasteiger partial charge in [0.25, 0.3) is 10.1 Å². The van der Waals surface area contributed by atoms with Gasteiger partial charge in [-0.1, -0.05) is 6.92 Å². The van der Waals surface area contributed by atoms with Gasteiger partial charge in [0.15, 0.2) is 0 Å². The van der Waals surface area contributed by atoms with Crippen LogP contribution >= 0.6 is 0 Å². The van der Waals surface area contributed by atoms with E-state index in [0.29, 0.717) is 0 Å². The first-order valence-corrected chi connectivity index (χ1v) is 5.98. The highest BCUT2D eigenvalue weighted by Gasteiger charge is 2.27. The molecule has 2 atom stereocenters. The van der Waals surface area contributed by atoms with Crippen molar-refractivity contribution in [1.29, 1.82) is 0 Å². The molecule has 0 bridgehead atoms. The van der Waals surface area contributed by atoms with Crippen LogP contribution in [0.25, 0.3) is 0 Å². The average molecular weight is 242 g/mol. The van der Waals surface area contributed by atoms with Gasteiger partial charge in [0.1, 0.15) is 6.10 Å². The minimum absolute atomic E-state index is 0.00176. The summed E-state index contributed by atoms with van der Waals surface area (Å²) in [5.74, 6) is -0.740. The van der Waals surface area contributed by atoms with Crippen molar-refractivity contribution < 1.29 is 32.3 Å². The van der Waals surface area contributed by atoms with Gasteiger partial charge in [-0.05, 0) is 0 Å². The third kappa shape index (κ3) is 6.39. The highest BCUT2D eigenvalue weighted by atomic mass is 32.2. The minimum Gasteiger partial charge on any atom is -0.432 e. The maximum absolute atomic E-state index is 10.8. The van der Waals surface area contributed by atoms with Gasteiger partial charge in [-0.15, -0.1) is 0 Å². The van der Waals surface area contributed by atoms with E-state index in [4.69, 9.17) is 10.2 Å². The molecular weight excluding hydrogens is 228 g/mol. The van der Waals surface area contributed by atoms with Crippen LogP contribution in [0.15, 0.2) is 0 Å². The molecule has 7 nitrogen and oxygen atoms in total. The van der Waals surface area contributed by atoms with E-state index in [2.05, 4.69) is 8.92 Å². The number of aliphatic hydroxyl groups excluding tert-OH is 2. The molecule has 0 aromatic rings. The zero-order valence-electron chi connectivity index (χ0n) is 8.41. The quantitative estimate of drug-likeness (QED) is 0.334. The Balaban J connectivity index is 4.52. The van der Waals surface area contributed by atoms with Crippen LogP contribution in [0.5, 0.6) is 0 Å². The van der Waals surface area contributed by atoms with E-state index in [9.17, 15) is 13.2 Å². The average Bonchev–Trinajstić information content (AvgIpc) is 2.13. The minimum atomic E-state index is -3.88. The van der Waals surface area contributed by atoms with Crippen molar-refractivity contribution in [2.45, 2.75) is 25.7 Å². The van der Waals surface area contributed by atoms with Gasteiger partial charge in [0.05, 0.1) is 12.9 Å². The first-order valence-electron chi connectivity index (χ1n) is 4.16. The van der Waals surface area contributed by atoms with E-state index in [-0.39, 0.29) is 6.42 Å². The van der Waals surface area contributed by atoms with Crippen molar-refractivity contribution in [3.05, 3.63) is 0 Å². The Bertz CT molecular complexity index is 296. The molecule has 0 fully saturated rings. The number of rotatable bonds is 6. The lowest BCUT2D eigenvalue weighted by molar-refractivity contribution is -0.181. The van der Waals surface area contributed by atoms with Crippen LogP contribution < -0.4 is 0 Å². The van der Waals surface area contributed by atoms with Gasteiger partial charge >= 0.3 is 5.97 Å². The van der Waals surface area contributed by atoms with Crippen LogP contribution in [0.1, 0.15) is 13.3 Å². The van der Waals surface area contributed by atoms with E-state index in [1.54, 1.807) is 0 Å². The number of esters is 1. The van der Waals surface area contributed by atoms with Gasteiger partial charge < -0.3 is 14.9 Å². The molecule has 0 heterocycles. The zero-order valence-corrected chi connectivity index (χ0v) is 9.23. The van der Waals surface area contributed by atoms with Crippen molar-refractivity contribution in [1.82, 2.24) is 0 Å². The van der Waals surface area contributed by atoms with Crippen LogP contribution in [0.2, 0.25) is 0 Å². The second-order valence-electron chi connectivity index (χ2n) is 2.76. The topological polar surface area (TPSA) is 110 Å². The summed E-state index contributed by atoms with van der Waals surface area (Å²) in [6.45, 7) is 0.711. The molecule has 0 radical (unpaired) electrons. The lowest BCUT2D eigenvalue weighted by Crippen LogP contribution is -2.37. The number of hydrogen-bond acceptors (Lipinski definition) is 7. The third-order valence-corrected chi connectivity index (χ3v) is 1.85. The van der Waals surface area contributed by atoms with Gasteiger partial charge in [0.2, 0.25) is 6.29 Å². The molecule has 0 rings (SSSR count). The summed E-state index contributed by atoms with van der Waals surface area (Å²) >= 11 is 0. The molecule has 0 spiro atoms. The summed E-state index contributed by atoms with van der Waals surface area (Å²) in [5.41, 5.74) is 0. The third-order valence-electron chi connectivity index (χ3n) is 1.31. The Hall–Kier alpha value is -0.700. The fourth-order valence-electron chi connectivity index (χ4n) is 0.634. The predicted molar refractivity (Wildman–Crippen MR) is 49.2 cm³/mol. The van der Waals surface area contributed by atoms with Crippen LogP contribution in [0, 0.1) is 0 Å². The number of aliphatic hydroxyl groups is 2. The lowest BCUT2D eigenvalue weighted by Gasteiger charge is -2.20. The van der Waals surface area contributed by atoms with Crippen molar-refractivity contribution >= 4 is 16.1 Å². The fraction of sp³-hybridized carbons (Fsp3) is 0.857. The molecule has 2 N–H and O–H groups in total. The Labute approximate surface area is 87.7 Å². The molecule has 0 amide bonds. The maximum Gasteiger partial charge on any atom is 0.307 e. The Morgan fingerprint density at radius 3 is 2.33 bits per heavy atom. The van der Waals surface area contributed by atoms with Gasteiger partial charge in [-0.2, -0.15) is 8.42 Å². The normalized spacial score (nSPS) is 15.7. The summed E-state index contributed by atoms with van der Waals surface area (Å²) < 4.78 is 30.2. The summed E-state index contributed by atoms with van der Waals surface area (Å²) in [4.78, 5) is 10.8. The van der Waals surface area contributed by atoms with E-state index in [1.165, 1.54) is 6.92 Å². The van der Waals surface area contributed by atoms with Crippen LogP contribution in [-0.2, 0) is 23.8 Å². The molecule has 0 aromatic heterocycles. The van der Waals surface area contributed by atoms with Crippen LogP contribution in [0.3, 0.4) is 0 Å². The van der Waals surface area contributed by atoms with Crippen molar-refractivity contribution in [2.75, 3.05) is 12.9 Å². The van der Waals surface area contributed by atoms with Gasteiger partial charge in [0, 0.05) is 6.42 Å². The molecule has 0 aliphatic rings. The molecule has 0 aromatic carbocycles. The molecule has 0 saturated heterocycles. The first-order chi connectivity index (χ1) is 6.80. The lowest BCUT2D eigenvalue weighted by atomic mass is 10.4. The van der Waals surface area contributed by atoms with Crippen LogP contribution in [0.4, 0.5) is 0 Å². The second-order valence-corrected chi connectivity index (χ2v) is 4.36. The monoisotopic (exact) mass is 242 g/mol. The predicted octanol–water partition coefficient (Wildman–Crippen LogP) is -1.40. The fourth-order valence-corrected chi connectivity index (χ4v) is 1.15. The SMILES string of the molecule is CCC(=O)OC(OS(C)(=O)=O)C(O)CO. The molecule has 2 unspecified atom stereocenters. The Kier molecular flexibility index (Phi) is 5.73. The molecule has 0 aliphatic heterocycles. The number of hydrogen-bond donors (Lipinski definition) is 2. The van der Waals surface area contributed by atoms with E-state index < -0.39 is 35.1 Å². The van der Waals surface area contributed by atoms with Gasteiger partial charge in [-0.25, -0.2) is 4.18 Å².